The lowest BCUT2D eigenvalue weighted by atomic mass is 9.68. The molecule has 0 radical (unpaired) electrons. The molecule has 0 bridgehead atoms. The first-order chi connectivity index (χ1) is 22.0. The third-order valence-electron chi connectivity index (χ3n) is 11.7. The monoisotopic (exact) mass is 625 g/mol. The van der Waals surface area contributed by atoms with Crippen molar-refractivity contribution < 1.29 is 0 Å². The van der Waals surface area contributed by atoms with Crippen LogP contribution in [0.5, 0.6) is 0 Å². The number of hydrogen-bond acceptors (Lipinski definition) is 2. The summed E-state index contributed by atoms with van der Waals surface area (Å²) >= 11 is 0. The topological polar surface area (TPSA) is 24.1 Å². The molecule has 0 fully saturated rings. The van der Waals surface area contributed by atoms with Crippen molar-refractivity contribution in [1.82, 2.24) is 10.6 Å². The molecule has 0 heterocycles. The molecule has 2 aromatic rings. The van der Waals surface area contributed by atoms with E-state index in [1.807, 2.05) is 0 Å². The van der Waals surface area contributed by atoms with Crippen LogP contribution in [0, 0.1) is 47.3 Å². The second-order valence-electron chi connectivity index (χ2n) is 16.3. The molecule has 2 heteroatoms. The number of nitrogens with one attached hydrogen (secondary N) is 2. The Kier molecular flexibility index (Phi) is 13.8. The molecule has 0 saturated carbocycles. The van der Waals surface area contributed by atoms with Crippen molar-refractivity contribution in [3.63, 3.8) is 0 Å². The zero-order valence-corrected chi connectivity index (χ0v) is 31.1. The van der Waals surface area contributed by atoms with Gasteiger partial charge in [0.05, 0.1) is 0 Å². The van der Waals surface area contributed by atoms with Gasteiger partial charge in [0.15, 0.2) is 0 Å². The van der Waals surface area contributed by atoms with Crippen LogP contribution in [-0.2, 0) is 0 Å². The molecule has 2 aliphatic carbocycles. The van der Waals surface area contributed by atoms with Crippen molar-refractivity contribution in [1.29, 1.82) is 0 Å². The maximum Gasteiger partial charge on any atom is 0.0313 e. The minimum absolute atomic E-state index is 0.410. The summed E-state index contributed by atoms with van der Waals surface area (Å²) in [6, 6.07) is 23.9. The Morgan fingerprint density at radius 1 is 0.522 bits per heavy atom. The van der Waals surface area contributed by atoms with E-state index in [1.165, 1.54) is 36.8 Å². The summed E-state index contributed by atoms with van der Waals surface area (Å²) in [6.45, 7) is 26.3. The molecule has 0 spiro atoms. The minimum atomic E-state index is 0.410. The third-order valence-corrected chi connectivity index (χ3v) is 11.7. The maximum absolute atomic E-state index is 4.21. The maximum atomic E-state index is 4.21. The van der Waals surface area contributed by atoms with Crippen molar-refractivity contribution >= 4 is 0 Å². The number of benzene rings is 2. The van der Waals surface area contributed by atoms with E-state index in [2.05, 4.69) is 153 Å². The van der Waals surface area contributed by atoms with Crippen LogP contribution in [0.2, 0.25) is 0 Å². The van der Waals surface area contributed by atoms with E-state index in [9.17, 15) is 0 Å². The van der Waals surface area contributed by atoms with Crippen molar-refractivity contribution in [3.8, 4) is 0 Å². The molecular weight excluding hydrogens is 556 g/mol. The van der Waals surface area contributed by atoms with Crippen LogP contribution in [0.25, 0.3) is 0 Å². The average molecular weight is 625 g/mol. The summed E-state index contributed by atoms with van der Waals surface area (Å²) in [4.78, 5) is 0. The van der Waals surface area contributed by atoms with E-state index in [1.54, 1.807) is 11.1 Å². The summed E-state index contributed by atoms with van der Waals surface area (Å²) in [5.41, 5.74) is 6.21. The van der Waals surface area contributed by atoms with Crippen LogP contribution in [0.15, 0.2) is 84.0 Å². The van der Waals surface area contributed by atoms with Gasteiger partial charge in [0.25, 0.3) is 0 Å². The standard InChI is InChI=1S/C44H68N2/c1-29(2)37-23-17-24-38(30(3)4)43(37)45-27-33(9)41(35-19-13-11-14-20-35)42(36-21-15-12-16-22-36)34(10)28-46-44-39(31(5)6)25-18-26-40(44)32(7)8/h11-16,19-23,25,29-34,38,40-46H,17-18,24,26-28H2,1-10H3/t33-,34?,38?,40?,41-,42+,43+,44-/m1/s1. The lowest BCUT2D eigenvalue weighted by Gasteiger charge is -2.42. The Labute approximate surface area is 284 Å². The predicted molar refractivity (Wildman–Crippen MR) is 201 cm³/mol. The van der Waals surface area contributed by atoms with Crippen LogP contribution in [0.4, 0.5) is 0 Å². The molecule has 2 aliphatic rings. The van der Waals surface area contributed by atoms with Crippen molar-refractivity contribution in [2.45, 2.75) is 119 Å². The van der Waals surface area contributed by atoms with Gasteiger partial charge in [-0.05, 0) is 109 Å². The zero-order valence-electron chi connectivity index (χ0n) is 31.1. The first-order valence-corrected chi connectivity index (χ1v) is 19.0. The van der Waals surface area contributed by atoms with Gasteiger partial charge >= 0.3 is 0 Å². The lowest BCUT2D eigenvalue weighted by molar-refractivity contribution is 0.229. The normalized spacial score (nSPS) is 25.0. The smallest absolute Gasteiger partial charge is 0.0313 e. The molecule has 2 aromatic carbocycles. The Balaban J connectivity index is 1.65. The van der Waals surface area contributed by atoms with Crippen molar-refractivity contribution in [2.75, 3.05) is 13.1 Å². The highest BCUT2D eigenvalue weighted by molar-refractivity contribution is 5.31. The molecule has 254 valence electrons. The van der Waals surface area contributed by atoms with Gasteiger partial charge in [-0.2, -0.15) is 0 Å². The summed E-state index contributed by atoms with van der Waals surface area (Å²) < 4.78 is 0. The SMILES string of the molecule is CC(C)C1=CCCC(C(C)C)[C@@H]1NCC(C)[C@@H](c1ccccc1)[C@@H](c1ccccc1)[C@H](C)CN[C@H]1C(C(C)C)=CCCC1C(C)C. The molecule has 8 atom stereocenters. The van der Waals surface area contributed by atoms with Crippen LogP contribution < -0.4 is 10.6 Å². The van der Waals surface area contributed by atoms with Crippen molar-refractivity contribution in [3.05, 3.63) is 95.1 Å². The van der Waals surface area contributed by atoms with E-state index in [-0.39, 0.29) is 0 Å². The summed E-state index contributed by atoms with van der Waals surface area (Å²) in [5.74, 6) is 5.70. The lowest BCUT2D eigenvalue weighted by Crippen LogP contribution is -2.47. The van der Waals surface area contributed by atoms with Crippen LogP contribution in [0.3, 0.4) is 0 Å². The molecule has 2 nitrogen and oxygen atoms in total. The summed E-state index contributed by atoms with van der Waals surface area (Å²) in [5, 5.41) is 8.42. The molecule has 0 aliphatic heterocycles. The molecule has 46 heavy (non-hydrogen) atoms. The molecule has 3 unspecified atom stereocenters. The first kappa shape index (κ1) is 36.7. The van der Waals surface area contributed by atoms with Crippen LogP contribution in [0.1, 0.15) is 118 Å². The van der Waals surface area contributed by atoms with Crippen molar-refractivity contribution in [2.24, 2.45) is 47.3 Å². The van der Waals surface area contributed by atoms with Crippen LogP contribution in [-0.4, -0.2) is 25.2 Å². The van der Waals surface area contributed by atoms with Gasteiger partial charge < -0.3 is 10.6 Å². The average Bonchev–Trinajstić information content (AvgIpc) is 3.05. The Bertz CT molecular complexity index is 1130. The zero-order chi connectivity index (χ0) is 33.4. The summed E-state index contributed by atoms with van der Waals surface area (Å²) in [6.07, 6.45) is 10.1. The highest BCUT2D eigenvalue weighted by atomic mass is 14.9. The second kappa shape index (κ2) is 17.3. The van der Waals surface area contributed by atoms with Crippen LogP contribution >= 0.6 is 0 Å². The molecule has 0 saturated heterocycles. The summed E-state index contributed by atoms with van der Waals surface area (Å²) in [7, 11) is 0. The van der Waals surface area contributed by atoms with E-state index >= 15 is 0 Å². The molecule has 0 aromatic heterocycles. The van der Waals surface area contributed by atoms with Gasteiger partial charge in [-0.3, -0.25) is 0 Å². The van der Waals surface area contributed by atoms with Gasteiger partial charge in [-0.1, -0.05) is 153 Å². The quantitative estimate of drug-likeness (QED) is 0.193. The largest absolute Gasteiger partial charge is 0.310 e. The molecule has 0 amide bonds. The van der Waals surface area contributed by atoms with Gasteiger partial charge in [-0.15, -0.1) is 0 Å². The molecule has 2 N–H and O–H groups in total. The minimum Gasteiger partial charge on any atom is -0.310 e. The highest BCUT2D eigenvalue weighted by Crippen LogP contribution is 2.44. The third kappa shape index (κ3) is 9.04. The highest BCUT2D eigenvalue weighted by Gasteiger charge is 2.37. The van der Waals surface area contributed by atoms with Gasteiger partial charge in [0.2, 0.25) is 0 Å². The first-order valence-electron chi connectivity index (χ1n) is 19.0. The van der Waals surface area contributed by atoms with Gasteiger partial charge in [-0.25, -0.2) is 0 Å². The Morgan fingerprint density at radius 2 is 0.870 bits per heavy atom. The predicted octanol–water partition coefficient (Wildman–Crippen LogP) is 11.0. The number of rotatable bonds is 15. The molecule has 4 rings (SSSR count). The fraction of sp³-hybridized carbons (Fsp3) is 0.636. The number of hydrogen-bond donors (Lipinski definition) is 2. The van der Waals surface area contributed by atoms with Gasteiger partial charge in [0, 0.05) is 12.1 Å². The second-order valence-corrected chi connectivity index (χ2v) is 16.3. The van der Waals surface area contributed by atoms with Gasteiger partial charge in [0.1, 0.15) is 0 Å². The fourth-order valence-corrected chi connectivity index (χ4v) is 9.14. The van der Waals surface area contributed by atoms with E-state index in [0.29, 0.717) is 71.3 Å². The Morgan fingerprint density at radius 3 is 1.17 bits per heavy atom. The fourth-order valence-electron chi connectivity index (χ4n) is 9.14. The Hall–Kier alpha value is -2.16. The van der Waals surface area contributed by atoms with E-state index < -0.39 is 0 Å². The number of allylic oxidation sites excluding steroid dienone is 2. The molecular formula is C44H68N2. The van der Waals surface area contributed by atoms with E-state index in [4.69, 9.17) is 0 Å². The van der Waals surface area contributed by atoms with E-state index in [0.717, 1.165) is 13.1 Å².